The number of aliphatic hydroxyl groups excluding tert-OH is 1. The van der Waals surface area contributed by atoms with Crippen molar-refractivity contribution in [2.75, 3.05) is 45.9 Å². The van der Waals surface area contributed by atoms with Gasteiger partial charge in [0.2, 0.25) is 5.91 Å². The van der Waals surface area contributed by atoms with Gasteiger partial charge in [-0.3, -0.25) is 9.69 Å². The number of β-amino-alcohol motifs (C(OH)–C–C–N with tert-alkyl or cyclic N) is 1. The zero-order chi connectivity index (χ0) is 17.6. The number of aryl methyl sites for hydroxylation is 1. The Morgan fingerprint density at radius 2 is 2.04 bits per heavy atom. The van der Waals surface area contributed by atoms with E-state index in [-0.39, 0.29) is 11.8 Å². The molecule has 0 spiro atoms. The molecule has 1 fully saturated rings. The number of aliphatic hydroxyl groups is 1. The number of carbonyl (C=O) groups excluding carboxylic acids is 1. The van der Waals surface area contributed by atoms with Gasteiger partial charge in [0.05, 0.1) is 18.6 Å². The van der Waals surface area contributed by atoms with Gasteiger partial charge in [-0.2, -0.15) is 0 Å². The summed E-state index contributed by atoms with van der Waals surface area (Å²) in [5, 5.41) is 9.97. The highest BCUT2D eigenvalue weighted by atomic mass is 16.5. The van der Waals surface area contributed by atoms with E-state index >= 15 is 0 Å². The molecule has 1 aliphatic heterocycles. The van der Waals surface area contributed by atoms with Gasteiger partial charge >= 0.3 is 0 Å². The maximum atomic E-state index is 13.0. The molecule has 2 aliphatic rings. The predicted molar refractivity (Wildman–Crippen MR) is 97.6 cm³/mol. The second-order valence-corrected chi connectivity index (χ2v) is 7.08. The summed E-state index contributed by atoms with van der Waals surface area (Å²) in [6, 6.07) is 8.39. The number of fused-ring (bicyclic) bond motifs is 1. The smallest absolute Gasteiger partial charge is 0.230 e. The van der Waals surface area contributed by atoms with Gasteiger partial charge < -0.3 is 14.7 Å². The molecule has 1 aromatic rings. The van der Waals surface area contributed by atoms with Gasteiger partial charge in [-0.15, -0.1) is 0 Å². The highest BCUT2D eigenvalue weighted by Crippen LogP contribution is 2.33. The Hall–Kier alpha value is -1.43. The Labute approximate surface area is 150 Å². The second-order valence-electron chi connectivity index (χ2n) is 7.08. The molecule has 1 saturated heterocycles. The molecule has 2 atom stereocenters. The van der Waals surface area contributed by atoms with Crippen LogP contribution in [0.15, 0.2) is 24.3 Å². The molecule has 1 N–H and O–H groups in total. The summed E-state index contributed by atoms with van der Waals surface area (Å²) in [4.78, 5) is 17.3. The molecule has 5 heteroatoms. The highest BCUT2D eigenvalue weighted by molar-refractivity contribution is 5.84. The molecule has 1 aliphatic carbocycles. The van der Waals surface area contributed by atoms with E-state index in [0.717, 1.165) is 45.4 Å². The Morgan fingerprint density at radius 1 is 1.28 bits per heavy atom. The molecule has 0 radical (unpaired) electrons. The van der Waals surface area contributed by atoms with Gasteiger partial charge in [-0.1, -0.05) is 24.3 Å². The van der Waals surface area contributed by atoms with Crippen LogP contribution < -0.4 is 0 Å². The van der Waals surface area contributed by atoms with Crippen LogP contribution in [0.3, 0.4) is 0 Å². The summed E-state index contributed by atoms with van der Waals surface area (Å²) in [6.45, 7) is 6.70. The summed E-state index contributed by atoms with van der Waals surface area (Å²) < 4.78 is 5.27. The number of hydrogen-bond acceptors (Lipinski definition) is 4. The van der Waals surface area contributed by atoms with Crippen molar-refractivity contribution in [2.24, 2.45) is 0 Å². The number of nitrogens with zero attached hydrogens (tertiary/aromatic N) is 2. The zero-order valence-corrected chi connectivity index (χ0v) is 15.2. The first-order chi connectivity index (χ1) is 12.2. The van der Waals surface area contributed by atoms with Gasteiger partial charge in [0, 0.05) is 39.3 Å². The summed E-state index contributed by atoms with van der Waals surface area (Å²) >= 11 is 0. The molecule has 0 aromatic heterocycles. The van der Waals surface area contributed by atoms with Crippen LogP contribution in [0.5, 0.6) is 0 Å². The van der Waals surface area contributed by atoms with Crippen molar-refractivity contribution >= 4 is 5.91 Å². The van der Waals surface area contributed by atoms with E-state index in [1.165, 1.54) is 11.1 Å². The maximum absolute atomic E-state index is 13.0. The Bertz CT molecular complexity index is 570. The molecule has 25 heavy (non-hydrogen) atoms. The first-order valence-corrected chi connectivity index (χ1v) is 9.53. The maximum Gasteiger partial charge on any atom is 0.230 e. The van der Waals surface area contributed by atoms with Crippen molar-refractivity contribution in [2.45, 2.75) is 38.2 Å². The number of amides is 1. The SMILES string of the molecule is CCOC[C@H](O)CN1CCN(C(=O)[C@@H]2CCCc3ccccc32)CC1. The molecule has 0 saturated carbocycles. The van der Waals surface area contributed by atoms with Gasteiger partial charge in [0.15, 0.2) is 0 Å². The molecule has 0 bridgehead atoms. The van der Waals surface area contributed by atoms with Gasteiger partial charge in [-0.25, -0.2) is 0 Å². The lowest BCUT2D eigenvalue weighted by atomic mass is 9.82. The van der Waals surface area contributed by atoms with Gasteiger partial charge in [0.25, 0.3) is 0 Å². The number of ether oxygens (including phenoxy) is 1. The van der Waals surface area contributed by atoms with Crippen molar-refractivity contribution in [3.8, 4) is 0 Å². The largest absolute Gasteiger partial charge is 0.389 e. The number of benzene rings is 1. The highest BCUT2D eigenvalue weighted by Gasteiger charge is 2.31. The van der Waals surface area contributed by atoms with Crippen LogP contribution >= 0.6 is 0 Å². The second kappa shape index (κ2) is 8.79. The van der Waals surface area contributed by atoms with Crippen molar-refractivity contribution in [3.05, 3.63) is 35.4 Å². The van der Waals surface area contributed by atoms with E-state index in [4.69, 9.17) is 4.74 Å². The van der Waals surface area contributed by atoms with Crippen LogP contribution in [-0.2, 0) is 16.0 Å². The first-order valence-electron chi connectivity index (χ1n) is 9.53. The van der Waals surface area contributed by atoms with Crippen LogP contribution in [0, 0.1) is 0 Å². The van der Waals surface area contributed by atoms with Crippen LogP contribution in [0.2, 0.25) is 0 Å². The summed E-state index contributed by atoms with van der Waals surface area (Å²) in [7, 11) is 0. The third-order valence-electron chi connectivity index (χ3n) is 5.33. The first kappa shape index (κ1) is 18.4. The summed E-state index contributed by atoms with van der Waals surface area (Å²) in [5.41, 5.74) is 2.57. The predicted octanol–water partition coefficient (Wildman–Crippen LogP) is 1.65. The van der Waals surface area contributed by atoms with Crippen LogP contribution in [0.1, 0.15) is 36.8 Å². The number of carbonyl (C=O) groups is 1. The third kappa shape index (κ3) is 4.60. The molecular formula is C20H30N2O3. The molecule has 1 aromatic carbocycles. The lowest BCUT2D eigenvalue weighted by molar-refractivity contribution is -0.135. The molecule has 1 heterocycles. The molecule has 0 unspecified atom stereocenters. The fourth-order valence-electron chi connectivity index (χ4n) is 3.99. The topological polar surface area (TPSA) is 53.0 Å². The molecule has 1 amide bonds. The van der Waals surface area contributed by atoms with Crippen LogP contribution in [0.4, 0.5) is 0 Å². The fourth-order valence-corrected chi connectivity index (χ4v) is 3.99. The number of hydrogen-bond donors (Lipinski definition) is 1. The van der Waals surface area contributed by atoms with Crippen molar-refractivity contribution in [1.29, 1.82) is 0 Å². The van der Waals surface area contributed by atoms with E-state index in [1.54, 1.807) is 0 Å². The summed E-state index contributed by atoms with van der Waals surface area (Å²) in [6.07, 6.45) is 2.69. The zero-order valence-electron chi connectivity index (χ0n) is 15.2. The van der Waals surface area contributed by atoms with Crippen molar-refractivity contribution in [3.63, 3.8) is 0 Å². The number of piperazine rings is 1. The van der Waals surface area contributed by atoms with E-state index in [9.17, 15) is 9.90 Å². The van der Waals surface area contributed by atoms with Crippen LogP contribution in [0.25, 0.3) is 0 Å². The van der Waals surface area contributed by atoms with Crippen molar-refractivity contribution < 1.29 is 14.6 Å². The minimum Gasteiger partial charge on any atom is -0.389 e. The lowest BCUT2D eigenvalue weighted by Gasteiger charge is -2.38. The minimum absolute atomic E-state index is 0.0278. The Balaban J connectivity index is 1.52. The Morgan fingerprint density at radius 3 is 2.80 bits per heavy atom. The van der Waals surface area contributed by atoms with Gasteiger partial charge in [0.1, 0.15) is 0 Å². The van der Waals surface area contributed by atoms with E-state index < -0.39 is 6.10 Å². The summed E-state index contributed by atoms with van der Waals surface area (Å²) in [5.74, 6) is 0.307. The molecule has 3 rings (SSSR count). The minimum atomic E-state index is -0.451. The van der Waals surface area contributed by atoms with Crippen molar-refractivity contribution in [1.82, 2.24) is 9.80 Å². The van der Waals surface area contributed by atoms with Gasteiger partial charge in [-0.05, 0) is 37.3 Å². The monoisotopic (exact) mass is 346 g/mol. The normalized spacial score (nSPS) is 22.5. The van der Waals surface area contributed by atoms with E-state index in [1.807, 2.05) is 17.9 Å². The Kier molecular flexibility index (Phi) is 6.45. The molecule has 138 valence electrons. The fraction of sp³-hybridized carbons (Fsp3) is 0.650. The third-order valence-corrected chi connectivity index (χ3v) is 5.33. The average Bonchev–Trinajstić information content (AvgIpc) is 2.66. The van der Waals surface area contributed by atoms with Crippen LogP contribution in [-0.4, -0.2) is 72.9 Å². The lowest BCUT2D eigenvalue weighted by Crippen LogP contribution is -2.52. The molecule has 5 nitrogen and oxygen atoms in total. The van der Waals surface area contributed by atoms with E-state index in [0.29, 0.717) is 19.8 Å². The standard InChI is InChI=1S/C20H30N2O3/c1-2-25-15-17(23)14-21-10-12-22(13-11-21)20(24)19-9-5-7-16-6-3-4-8-18(16)19/h3-4,6,8,17,19,23H,2,5,7,9-15H2,1H3/t17-,19-/m1/s1. The average molecular weight is 346 g/mol. The van der Waals surface area contributed by atoms with E-state index in [2.05, 4.69) is 23.1 Å². The quantitative estimate of drug-likeness (QED) is 0.851. The number of rotatable bonds is 6. The molecular weight excluding hydrogens is 316 g/mol.